The average Bonchev–Trinajstić information content (AvgIpc) is 2.95. The number of nitrogens with zero attached hydrogens (tertiary/aromatic N) is 1. The number of quaternary nitrogens is 1. The van der Waals surface area contributed by atoms with Crippen LogP contribution in [0.2, 0.25) is 10.0 Å². The fourth-order valence-corrected chi connectivity index (χ4v) is 3.93. The highest BCUT2D eigenvalue weighted by molar-refractivity contribution is 7.10. The molecular formula is C18H22Cl2N3O2S+. The number of hydrogen-bond donors (Lipinski definition) is 2. The van der Waals surface area contributed by atoms with E-state index in [1.165, 1.54) is 15.3 Å². The number of benzene rings is 1. The fourth-order valence-electron chi connectivity index (χ4n) is 2.41. The number of hydrogen-bond acceptors (Lipinski definition) is 3. The third-order valence-corrected chi connectivity index (χ3v) is 5.57. The van der Waals surface area contributed by atoms with Gasteiger partial charge in [-0.2, -0.15) is 0 Å². The lowest BCUT2D eigenvalue weighted by atomic mass is 10.3. The molecule has 0 aliphatic carbocycles. The first kappa shape index (κ1) is 20.7. The summed E-state index contributed by atoms with van der Waals surface area (Å²) in [6.45, 7) is 3.10. The number of nitrogens with one attached hydrogen (secondary N) is 2. The third-order valence-electron chi connectivity index (χ3n) is 3.92. The Morgan fingerprint density at radius 3 is 2.46 bits per heavy atom. The van der Waals surface area contributed by atoms with E-state index in [9.17, 15) is 9.59 Å². The molecule has 0 radical (unpaired) electrons. The van der Waals surface area contributed by atoms with Crippen LogP contribution in [-0.2, 0) is 16.1 Å². The number of carbonyl (C=O) groups is 2. The van der Waals surface area contributed by atoms with E-state index in [1.807, 2.05) is 7.05 Å². The Morgan fingerprint density at radius 2 is 1.88 bits per heavy atom. The summed E-state index contributed by atoms with van der Waals surface area (Å²) in [4.78, 5) is 28.3. The Balaban J connectivity index is 1.86. The first-order valence-corrected chi connectivity index (χ1v) is 9.73. The molecule has 0 saturated heterocycles. The van der Waals surface area contributed by atoms with Gasteiger partial charge in [0.1, 0.15) is 6.54 Å². The van der Waals surface area contributed by atoms with Crippen molar-refractivity contribution in [3.8, 4) is 0 Å². The Kier molecular flexibility index (Phi) is 7.46. The molecule has 5 nitrogen and oxygen atoms in total. The summed E-state index contributed by atoms with van der Waals surface area (Å²) < 4.78 is 0. The van der Waals surface area contributed by atoms with Crippen molar-refractivity contribution in [1.82, 2.24) is 4.90 Å². The van der Waals surface area contributed by atoms with Crippen LogP contribution in [0.1, 0.15) is 10.4 Å². The number of amides is 2. The van der Waals surface area contributed by atoms with Crippen LogP contribution < -0.4 is 10.2 Å². The molecule has 1 aromatic heterocycles. The average molecular weight is 415 g/mol. The Bertz CT molecular complexity index is 774. The summed E-state index contributed by atoms with van der Waals surface area (Å²) in [5.74, 6) is -0.445. The second-order valence-electron chi connectivity index (χ2n) is 6.23. The zero-order valence-electron chi connectivity index (χ0n) is 14.9. The van der Waals surface area contributed by atoms with Gasteiger partial charge in [0, 0.05) is 7.05 Å². The highest BCUT2D eigenvalue weighted by Crippen LogP contribution is 2.29. The molecule has 0 spiro atoms. The normalized spacial score (nSPS) is 11.9. The molecule has 0 aliphatic heterocycles. The molecule has 0 saturated carbocycles. The van der Waals surface area contributed by atoms with Crippen LogP contribution in [0, 0.1) is 6.92 Å². The topological polar surface area (TPSA) is 53.9 Å². The summed E-state index contributed by atoms with van der Waals surface area (Å²) in [5.41, 5.74) is 1.60. The van der Waals surface area contributed by atoms with Crippen molar-refractivity contribution in [2.45, 2.75) is 13.5 Å². The molecule has 1 unspecified atom stereocenters. The third kappa shape index (κ3) is 5.71. The summed E-state index contributed by atoms with van der Waals surface area (Å²) in [6.07, 6.45) is 0. The van der Waals surface area contributed by atoms with Crippen LogP contribution in [0.25, 0.3) is 0 Å². The molecule has 1 heterocycles. The number of rotatable bonds is 7. The van der Waals surface area contributed by atoms with Gasteiger partial charge in [0.05, 0.1) is 34.2 Å². The van der Waals surface area contributed by atoms with Gasteiger partial charge in [0.2, 0.25) is 5.91 Å². The molecule has 140 valence electrons. The highest BCUT2D eigenvalue weighted by atomic mass is 35.5. The number of carbonyl (C=O) groups excluding carboxylic acids is 2. The number of para-hydroxylation sites is 1. The van der Waals surface area contributed by atoms with Gasteiger partial charge in [0.25, 0.3) is 5.91 Å². The fraction of sp³-hybridized carbons (Fsp3) is 0.333. The molecular weight excluding hydrogens is 393 g/mol. The van der Waals surface area contributed by atoms with Gasteiger partial charge in [-0.05, 0) is 36.1 Å². The van der Waals surface area contributed by atoms with E-state index in [0.29, 0.717) is 22.3 Å². The molecule has 0 bridgehead atoms. The van der Waals surface area contributed by atoms with Crippen molar-refractivity contribution in [2.75, 3.05) is 32.5 Å². The maximum atomic E-state index is 12.4. The minimum atomic E-state index is -0.345. The minimum absolute atomic E-state index is 0.0638. The SMILES string of the molecule is Cc1ccsc1C[NH+](C)CC(=O)N(C)CC(=O)Nc1c(Cl)cccc1Cl. The van der Waals surface area contributed by atoms with Gasteiger partial charge in [-0.15, -0.1) is 11.3 Å². The molecule has 0 fully saturated rings. The van der Waals surface area contributed by atoms with Gasteiger partial charge in [0.15, 0.2) is 6.54 Å². The van der Waals surface area contributed by atoms with E-state index in [-0.39, 0.29) is 18.4 Å². The van der Waals surface area contributed by atoms with E-state index in [0.717, 1.165) is 11.4 Å². The van der Waals surface area contributed by atoms with E-state index in [2.05, 4.69) is 23.7 Å². The van der Waals surface area contributed by atoms with Crippen molar-refractivity contribution < 1.29 is 14.5 Å². The highest BCUT2D eigenvalue weighted by Gasteiger charge is 2.19. The van der Waals surface area contributed by atoms with Gasteiger partial charge < -0.3 is 15.1 Å². The van der Waals surface area contributed by atoms with E-state index in [1.54, 1.807) is 36.6 Å². The monoisotopic (exact) mass is 414 g/mol. The maximum Gasteiger partial charge on any atom is 0.277 e. The summed E-state index contributed by atoms with van der Waals surface area (Å²) >= 11 is 13.8. The van der Waals surface area contributed by atoms with Crippen LogP contribution in [0.5, 0.6) is 0 Å². The van der Waals surface area contributed by atoms with Crippen LogP contribution in [0.3, 0.4) is 0 Å². The van der Waals surface area contributed by atoms with Crippen LogP contribution in [-0.4, -0.2) is 43.9 Å². The van der Waals surface area contributed by atoms with Crippen molar-refractivity contribution in [3.05, 3.63) is 50.1 Å². The first-order valence-electron chi connectivity index (χ1n) is 8.10. The van der Waals surface area contributed by atoms with Gasteiger partial charge in [-0.3, -0.25) is 9.59 Å². The lowest BCUT2D eigenvalue weighted by Crippen LogP contribution is -3.08. The van der Waals surface area contributed by atoms with Crippen molar-refractivity contribution in [2.24, 2.45) is 0 Å². The number of anilines is 1. The summed E-state index contributed by atoms with van der Waals surface area (Å²) in [5, 5.41) is 5.42. The number of halogens is 2. The first-order chi connectivity index (χ1) is 12.3. The quantitative estimate of drug-likeness (QED) is 0.730. The molecule has 2 rings (SSSR count). The van der Waals surface area contributed by atoms with Crippen molar-refractivity contribution in [3.63, 3.8) is 0 Å². The lowest BCUT2D eigenvalue weighted by Gasteiger charge is -2.20. The second-order valence-corrected chi connectivity index (χ2v) is 8.05. The lowest BCUT2D eigenvalue weighted by molar-refractivity contribution is -0.885. The molecule has 8 heteroatoms. The van der Waals surface area contributed by atoms with E-state index in [4.69, 9.17) is 23.2 Å². The maximum absolute atomic E-state index is 12.4. The van der Waals surface area contributed by atoms with E-state index < -0.39 is 0 Å². The summed E-state index contributed by atoms with van der Waals surface area (Å²) in [6, 6.07) is 7.06. The Labute approximate surface area is 167 Å². The van der Waals surface area contributed by atoms with Crippen LogP contribution in [0.4, 0.5) is 5.69 Å². The molecule has 2 amide bonds. The van der Waals surface area contributed by atoms with Gasteiger partial charge in [-0.25, -0.2) is 0 Å². The smallest absolute Gasteiger partial charge is 0.277 e. The van der Waals surface area contributed by atoms with Crippen LogP contribution in [0.15, 0.2) is 29.6 Å². The standard InChI is InChI=1S/C18H21Cl2N3O2S/c1-12-7-8-26-15(12)9-22(2)11-17(25)23(3)10-16(24)21-18-13(19)5-4-6-14(18)20/h4-8H,9-11H2,1-3H3,(H,21,24)/p+1. The van der Waals surface area contributed by atoms with Gasteiger partial charge >= 0.3 is 0 Å². The second kappa shape index (κ2) is 9.37. The predicted octanol–water partition coefficient (Wildman–Crippen LogP) is 2.48. The molecule has 1 aromatic carbocycles. The number of aryl methyl sites for hydroxylation is 1. The van der Waals surface area contributed by atoms with Crippen molar-refractivity contribution >= 4 is 52.0 Å². The Hall–Kier alpha value is -1.60. The molecule has 26 heavy (non-hydrogen) atoms. The largest absolute Gasteiger partial charge is 0.332 e. The summed E-state index contributed by atoms with van der Waals surface area (Å²) in [7, 11) is 3.58. The van der Waals surface area contributed by atoms with Gasteiger partial charge in [-0.1, -0.05) is 29.3 Å². The molecule has 1 atom stereocenters. The van der Waals surface area contributed by atoms with Crippen molar-refractivity contribution in [1.29, 1.82) is 0 Å². The van der Waals surface area contributed by atoms with E-state index >= 15 is 0 Å². The minimum Gasteiger partial charge on any atom is -0.332 e. The molecule has 0 aliphatic rings. The molecule has 2 aromatic rings. The zero-order valence-corrected chi connectivity index (χ0v) is 17.3. The molecule has 2 N–H and O–H groups in total. The van der Waals surface area contributed by atoms with Crippen LogP contribution >= 0.6 is 34.5 Å². The number of thiophene rings is 1. The number of likely N-dealkylation sites (N-methyl/N-ethyl adjacent to an activating group) is 2. The Morgan fingerprint density at radius 1 is 1.23 bits per heavy atom. The predicted molar refractivity (Wildman–Crippen MR) is 107 cm³/mol. The zero-order chi connectivity index (χ0) is 19.3.